The highest BCUT2D eigenvalue weighted by atomic mass is 35.5. The summed E-state index contributed by atoms with van der Waals surface area (Å²) in [6.45, 7) is 5.28. The lowest BCUT2D eigenvalue weighted by Gasteiger charge is -2.43. The summed E-state index contributed by atoms with van der Waals surface area (Å²) in [6, 6.07) is 3.17. The summed E-state index contributed by atoms with van der Waals surface area (Å²) in [5, 5.41) is 12.6. The molecule has 0 bridgehead atoms. The molecule has 0 spiro atoms. The molecule has 10 heteroatoms. The third-order valence-corrected chi connectivity index (χ3v) is 6.79. The van der Waals surface area contributed by atoms with E-state index in [1.807, 2.05) is 0 Å². The molecule has 4 atom stereocenters. The van der Waals surface area contributed by atoms with Crippen LogP contribution in [0.15, 0.2) is 18.2 Å². The Kier molecular flexibility index (Phi) is 5.76. The van der Waals surface area contributed by atoms with E-state index < -0.39 is 28.9 Å². The summed E-state index contributed by atoms with van der Waals surface area (Å²) in [5.41, 5.74) is 0. The van der Waals surface area contributed by atoms with Gasteiger partial charge in [-0.15, -0.1) is 11.8 Å². The highest BCUT2D eigenvalue weighted by Gasteiger charge is 2.64. The van der Waals surface area contributed by atoms with Crippen LogP contribution in [-0.2, 0) is 14.4 Å². The summed E-state index contributed by atoms with van der Waals surface area (Å²) >= 11 is 13.3. The van der Waals surface area contributed by atoms with Gasteiger partial charge in [0.05, 0.1) is 11.4 Å². The Morgan fingerprint density at radius 3 is 2.68 bits per heavy atom. The Morgan fingerprint density at radius 2 is 2.07 bits per heavy atom. The number of carboxylic acid groups (broad SMARTS) is 1. The first-order valence-corrected chi connectivity index (χ1v) is 10.3. The molecule has 2 amide bonds. The molecule has 2 aliphatic heterocycles. The van der Waals surface area contributed by atoms with E-state index in [-0.39, 0.29) is 23.6 Å². The van der Waals surface area contributed by atoms with Crippen molar-refractivity contribution in [2.75, 3.05) is 0 Å². The van der Waals surface area contributed by atoms with Crippen molar-refractivity contribution >= 4 is 52.7 Å². The number of ether oxygens (including phenoxy) is 1. The number of benzene rings is 1. The van der Waals surface area contributed by atoms with Gasteiger partial charge in [0.25, 0.3) is 0 Å². The smallest absolute Gasteiger partial charge is 0.327 e. The molecule has 2 aliphatic rings. The summed E-state index contributed by atoms with van der Waals surface area (Å²) in [5.74, 6) is -1.36. The Balaban J connectivity index is 1.57. The number of halogens is 2. The van der Waals surface area contributed by atoms with E-state index in [0.717, 1.165) is 0 Å². The number of carbonyl (C=O) groups is 3. The minimum absolute atomic E-state index is 0.0197. The zero-order valence-corrected chi connectivity index (χ0v) is 17.8. The minimum atomic E-state index is -1.04. The number of rotatable bonds is 6. The zero-order chi connectivity index (χ0) is 20.8. The van der Waals surface area contributed by atoms with Crippen LogP contribution in [0.3, 0.4) is 0 Å². The number of amides is 2. The SMILES string of the molecule is CC(CC(=O)N[C@@H]1C(=O)N2[C@@H]1SC(C)(C)[C@@H]2C(=O)O)Oc1ccc(Cl)cc1Cl. The van der Waals surface area contributed by atoms with Gasteiger partial charge in [-0.3, -0.25) is 9.59 Å². The molecule has 2 heterocycles. The van der Waals surface area contributed by atoms with Crippen LogP contribution in [0.1, 0.15) is 27.2 Å². The molecular weight excluding hydrogens is 427 g/mol. The highest BCUT2D eigenvalue weighted by Crippen LogP contribution is 2.50. The van der Waals surface area contributed by atoms with Gasteiger partial charge in [0.1, 0.15) is 29.3 Å². The Hall–Kier alpha value is -1.64. The van der Waals surface area contributed by atoms with E-state index in [2.05, 4.69) is 5.32 Å². The molecule has 1 aromatic rings. The van der Waals surface area contributed by atoms with Crippen LogP contribution in [0.5, 0.6) is 5.75 Å². The molecule has 0 aromatic heterocycles. The lowest BCUT2D eigenvalue weighted by atomic mass is 9.96. The van der Waals surface area contributed by atoms with Crippen molar-refractivity contribution in [2.45, 2.75) is 55.5 Å². The maximum atomic E-state index is 12.4. The van der Waals surface area contributed by atoms with Crippen LogP contribution in [0, 0.1) is 0 Å². The molecule has 0 radical (unpaired) electrons. The number of fused-ring (bicyclic) bond motifs is 1. The highest BCUT2D eigenvalue weighted by molar-refractivity contribution is 8.01. The van der Waals surface area contributed by atoms with E-state index in [9.17, 15) is 19.5 Å². The summed E-state index contributed by atoms with van der Waals surface area (Å²) < 4.78 is 5.04. The molecular formula is C18H20Cl2N2O5S. The Morgan fingerprint density at radius 1 is 1.39 bits per heavy atom. The van der Waals surface area contributed by atoms with Gasteiger partial charge in [0.15, 0.2) is 0 Å². The van der Waals surface area contributed by atoms with Crippen molar-refractivity contribution in [1.82, 2.24) is 10.2 Å². The number of β-lactam (4-membered cyclic amide) rings is 1. The fourth-order valence-corrected chi connectivity index (χ4v) is 5.55. The van der Waals surface area contributed by atoms with Gasteiger partial charge < -0.3 is 20.1 Å². The number of thioether (sulfide) groups is 1. The molecule has 152 valence electrons. The maximum Gasteiger partial charge on any atom is 0.327 e. The lowest BCUT2D eigenvalue weighted by Crippen LogP contribution is -2.70. The van der Waals surface area contributed by atoms with Gasteiger partial charge in [-0.05, 0) is 39.0 Å². The van der Waals surface area contributed by atoms with E-state index in [1.54, 1.807) is 39.0 Å². The van der Waals surface area contributed by atoms with E-state index in [4.69, 9.17) is 27.9 Å². The standard InChI is InChI=1S/C18H20Cl2N2O5S/c1-8(27-11-5-4-9(19)7-10(11)20)6-12(23)21-13-15(24)22-14(17(25)26)18(2,3)28-16(13)22/h4-5,7-8,13-14,16H,6H2,1-3H3,(H,21,23)(H,25,26)/t8?,13-,14+,16-/m1/s1. The molecule has 0 saturated carbocycles. The topological polar surface area (TPSA) is 95.9 Å². The molecule has 1 unspecified atom stereocenters. The van der Waals surface area contributed by atoms with Crippen LogP contribution in [0.4, 0.5) is 0 Å². The van der Waals surface area contributed by atoms with E-state index >= 15 is 0 Å². The average Bonchev–Trinajstić information content (AvgIpc) is 2.83. The second kappa shape index (κ2) is 7.65. The van der Waals surface area contributed by atoms with Crippen LogP contribution in [0.25, 0.3) is 0 Å². The minimum Gasteiger partial charge on any atom is -0.489 e. The summed E-state index contributed by atoms with van der Waals surface area (Å²) in [7, 11) is 0. The summed E-state index contributed by atoms with van der Waals surface area (Å²) in [6.07, 6.45) is -0.462. The van der Waals surface area contributed by atoms with Crippen molar-refractivity contribution in [3.8, 4) is 5.75 Å². The fourth-order valence-electron chi connectivity index (χ4n) is 3.47. The number of hydrogen-bond acceptors (Lipinski definition) is 5. The molecule has 3 rings (SSSR count). The fraction of sp³-hybridized carbons (Fsp3) is 0.500. The molecule has 2 fully saturated rings. The molecule has 1 aromatic carbocycles. The maximum absolute atomic E-state index is 12.4. The first kappa shape index (κ1) is 21.1. The third kappa shape index (κ3) is 3.90. The second-order valence-corrected chi connectivity index (χ2v) is 9.97. The molecule has 0 aliphatic carbocycles. The largest absolute Gasteiger partial charge is 0.489 e. The number of aliphatic carboxylic acids is 1. The van der Waals surface area contributed by atoms with Crippen molar-refractivity contribution in [1.29, 1.82) is 0 Å². The van der Waals surface area contributed by atoms with Gasteiger partial charge in [0, 0.05) is 9.77 Å². The van der Waals surface area contributed by atoms with Gasteiger partial charge in [-0.2, -0.15) is 0 Å². The molecule has 2 saturated heterocycles. The van der Waals surface area contributed by atoms with Crippen LogP contribution < -0.4 is 10.1 Å². The Bertz CT molecular complexity index is 834. The van der Waals surface area contributed by atoms with Crippen molar-refractivity contribution < 1.29 is 24.2 Å². The van der Waals surface area contributed by atoms with Crippen LogP contribution in [0.2, 0.25) is 10.0 Å². The normalized spacial score (nSPS) is 26.2. The molecule has 7 nitrogen and oxygen atoms in total. The number of nitrogens with one attached hydrogen (secondary N) is 1. The molecule has 2 N–H and O–H groups in total. The number of hydrogen-bond donors (Lipinski definition) is 2. The van der Waals surface area contributed by atoms with Gasteiger partial charge in [0.2, 0.25) is 11.8 Å². The zero-order valence-electron chi connectivity index (χ0n) is 15.4. The van der Waals surface area contributed by atoms with Crippen molar-refractivity contribution in [3.63, 3.8) is 0 Å². The van der Waals surface area contributed by atoms with Crippen LogP contribution in [-0.4, -0.2) is 56.1 Å². The van der Waals surface area contributed by atoms with Gasteiger partial charge in [-0.25, -0.2) is 4.79 Å². The predicted molar refractivity (Wildman–Crippen MR) is 107 cm³/mol. The third-order valence-electron chi connectivity index (χ3n) is 4.69. The second-order valence-electron chi connectivity index (χ2n) is 7.35. The lowest BCUT2D eigenvalue weighted by molar-refractivity contribution is -0.161. The van der Waals surface area contributed by atoms with E-state index in [0.29, 0.717) is 15.8 Å². The Labute approximate surface area is 176 Å². The monoisotopic (exact) mass is 446 g/mol. The van der Waals surface area contributed by atoms with Gasteiger partial charge in [-0.1, -0.05) is 23.2 Å². The molecule has 28 heavy (non-hydrogen) atoms. The van der Waals surface area contributed by atoms with Crippen molar-refractivity contribution in [3.05, 3.63) is 28.2 Å². The first-order valence-electron chi connectivity index (χ1n) is 8.65. The summed E-state index contributed by atoms with van der Waals surface area (Å²) in [4.78, 5) is 37.6. The number of carboxylic acids is 1. The van der Waals surface area contributed by atoms with Crippen molar-refractivity contribution in [2.24, 2.45) is 0 Å². The first-order chi connectivity index (χ1) is 13.0. The van der Waals surface area contributed by atoms with E-state index in [1.165, 1.54) is 16.7 Å². The quantitative estimate of drug-likeness (QED) is 0.652. The number of carbonyl (C=O) groups excluding carboxylic acids is 2. The average molecular weight is 447 g/mol. The van der Waals surface area contributed by atoms with Gasteiger partial charge >= 0.3 is 5.97 Å². The number of nitrogens with zero attached hydrogens (tertiary/aromatic N) is 1. The van der Waals surface area contributed by atoms with Crippen LogP contribution >= 0.6 is 35.0 Å². The predicted octanol–water partition coefficient (Wildman–Crippen LogP) is 2.78.